The topological polar surface area (TPSA) is 117 Å². The molecule has 0 aliphatic carbocycles. The van der Waals surface area contributed by atoms with Crippen molar-refractivity contribution in [3.63, 3.8) is 0 Å². The van der Waals surface area contributed by atoms with Gasteiger partial charge in [-0.15, -0.1) is 10.1 Å². The molecule has 0 heterocycles. The third-order valence-electron chi connectivity index (χ3n) is 0. The fourth-order valence-electron chi connectivity index (χ4n) is 0. The molecule has 2 N–H and O–H groups in total. The first kappa shape index (κ1) is 15.6. The molecule has 0 rings (SSSR count). The van der Waals surface area contributed by atoms with Crippen LogP contribution in [0, 0.1) is 20.2 Å². The van der Waals surface area contributed by atoms with Gasteiger partial charge in [-0.1, -0.05) is 0 Å². The molecule has 0 saturated carbocycles. The summed E-state index contributed by atoms with van der Waals surface area (Å²) in [5.74, 6) is 0. The van der Waals surface area contributed by atoms with Crippen molar-refractivity contribution in [1.29, 1.82) is 0 Å². The molecule has 0 aromatic carbocycles. The maximum atomic E-state index is 8.36. The summed E-state index contributed by atoms with van der Waals surface area (Å²) in [7, 11) is 0. The SMILES string of the molecule is O=[N+]([O-])O.O=[NH+][O-].[NaH]. The van der Waals surface area contributed by atoms with E-state index in [4.69, 9.17) is 25.4 Å². The normalized spacial score (nSPS) is 4.50. The van der Waals surface area contributed by atoms with Crippen molar-refractivity contribution < 1.29 is 15.6 Å². The van der Waals surface area contributed by atoms with Crippen molar-refractivity contribution in [2.45, 2.75) is 0 Å². The van der Waals surface area contributed by atoms with Gasteiger partial charge in [0.2, 0.25) is 0 Å². The van der Waals surface area contributed by atoms with E-state index in [2.05, 4.69) is 0 Å². The Morgan fingerprint density at radius 1 is 1.62 bits per heavy atom. The first-order valence-electron chi connectivity index (χ1n) is 0.973. The minimum absolute atomic E-state index is 0. The van der Waals surface area contributed by atoms with Crippen LogP contribution in [0.15, 0.2) is 0 Å². The van der Waals surface area contributed by atoms with E-state index in [0.29, 0.717) is 0 Å². The van der Waals surface area contributed by atoms with Crippen molar-refractivity contribution in [1.82, 2.24) is 0 Å². The minimum atomic E-state index is -1.50. The van der Waals surface area contributed by atoms with Gasteiger partial charge < -0.3 is 5.21 Å². The molecular weight excluding hydrogens is 131 g/mol. The van der Waals surface area contributed by atoms with Crippen LogP contribution in [-0.2, 0) is 0 Å². The average molecular weight is 134 g/mol. The van der Waals surface area contributed by atoms with E-state index in [1.807, 2.05) is 0 Å². The van der Waals surface area contributed by atoms with Crippen molar-refractivity contribution >= 4 is 29.6 Å². The van der Waals surface area contributed by atoms with Gasteiger partial charge in [0.15, 0.2) is 0 Å². The van der Waals surface area contributed by atoms with Crippen LogP contribution in [0.4, 0.5) is 0 Å². The third-order valence-corrected chi connectivity index (χ3v) is 0. The summed E-state index contributed by atoms with van der Waals surface area (Å²) in [5.41, 5.74) is 0. The van der Waals surface area contributed by atoms with Crippen molar-refractivity contribution in [2.24, 2.45) is 0 Å². The quantitative estimate of drug-likeness (QED) is 0.213. The summed E-state index contributed by atoms with van der Waals surface area (Å²) in [5, 5.41) is 22.0. The van der Waals surface area contributed by atoms with Crippen LogP contribution in [0.1, 0.15) is 0 Å². The van der Waals surface area contributed by atoms with Crippen LogP contribution < -0.4 is 5.34 Å². The molecule has 8 heteroatoms. The van der Waals surface area contributed by atoms with Crippen LogP contribution in [0.3, 0.4) is 0 Å². The Morgan fingerprint density at radius 3 is 1.62 bits per heavy atom. The molecule has 0 aromatic heterocycles. The van der Waals surface area contributed by atoms with E-state index in [-0.39, 0.29) is 34.9 Å². The van der Waals surface area contributed by atoms with Crippen molar-refractivity contribution in [3.05, 3.63) is 20.2 Å². The van der Waals surface area contributed by atoms with Gasteiger partial charge in [-0.3, -0.25) is 10.1 Å². The predicted octanol–water partition coefficient (Wildman–Crippen LogP) is -2.67. The van der Waals surface area contributed by atoms with Crippen LogP contribution in [0.2, 0.25) is 0 Å². The summed E-state index contributed by atoms with van der Waals surface area (Å²) >= 11 is 0. The Hall–Kier alpha value is -0.400. The molecule has 0 aliphatic rings. The number of hydrogen-bond acceptors (Lipinski definition) is 4. The van der Waals surface area contributed by atoms with Gasteiger partial charge in [-0.2, -0.15) is 0 Å². The standard InChI is InChI=1S/HNO3.HNO2.Na.H/c2-1(3)4;2-1-3;;/h(H,2,3,4);1H;;. The molecule has 0 unspecified atom stereocenters. The predicted molar refractivity (Wildman–Crippen MR) is 23.6 cm³/mol. The van der Waals surface area contributed by atoms with Crippen molar-refractivity contribution in [2.75, 3.05) is 0 Å². The van der Waals surface area contributed by atoms with Gasteiger partial charge in [0.25, 0.3) is 5.09 Å². The van der Waals surface area contributed by atoms with Gasteiger partial charge in [0, 0.05) is 5.34 Å². The van der Waals surface area contributed by atoms with E-state index < -0.39 is 5.09 Å². The fourth-order valence-corrected chi connectivity index (χ4v) is 0. The molecule has 0 bridgehead atoms. The first-order chi connectivity index (χ1) is 3.15. The van der Waals surface area contributed by atoms with Crippen LogP contribution in [-0.4, -0.2) is 39.9 Å². The molecular formula is H3N2NaO5. The zero-order chi connectivity index (χ0) is 6.28. The number of rotatable bonds is 0. The second kappa shape index (κ2) is 16.0. The molecule has 7 nitrogen and oxygen atoms in total. The molecule has 44 valence electrons. The zero-order valence-electron chi connectivity index (χ0n) is 3.03. The van der Waals surface area contributed by atoms with E-state index >= 15 is 0 Å². The molecule has 0 aliphatic heterocycles. The summed E-state index contributed by atoms with van der Waals surface area (Å²) in [6.07, 6.45) is 0. The zero-order valence-corrected chi connectivity index (χ0v) is 3.03. The molecule has 0 radical (unpaired) electrons. The van der Waals surface area contributed by atoms with Crippen LogP contribution >= 0.6 is 0 Å². The Morgan fingerprint density at radius 2 is 1.62 bits per heavy atom. The Kier molecular flexibility index (Phi) is 31.2. The van der Waals surface area contributed by atoms with Gasteiger partial charge in [0.1, 0.15) is 0 Å². The third kappa shape index (κ3) is 741. The van der Waals surface area contributed by atoms with E-state index in [1.54, 1.807) is 0 Å². The number of nitrogens with zero attached hydrogens (tertiary/aromatic N) is 1. The number of hydrogen-bond donors (Lipinski definition) is 2. The molecule has 0 fully saturated rings. The number of nitrogens with one attached hydrogen (secondary N) is 1. The Labute approximate surface area is 65.6 Å². The Balaban J connectivity index is -0.0000000575. The second-order valence-corrected chi connectivity index (χ2v) is 0.321. The molecule has 8 heavy (non-hydrogen) atoms. The van der Waals surface area contributed by atoms with E-state index in [9.17, 15) is 0 Å². The maximum absolute atomic E-state index is 8.36. The van der Waals surface area contributed by atoms with Crippen molar-refractivity contribution in [3.8, 4) is 0 Å². The summed E-state index contributed by atoms with van der Waals surface area (Å²) < 4.78 is 0. The molecule has 0 spiro atoms. The summed E-state index contributed by atoms with van der Waals surface area (Å²) in [6.45, 7) is 0. The molecule has 0 saturated heterocycles. The fraction of sp³-hybridized carbons (Fsp3) is 0. The molecule has 0 amide bonds. The van der Waals surface area contributed by atoms with Crippen LogP contribution in [0.25, 0.3) is 0 Å². The summed E-state index contributed by atoms with van der Waals surface area (Å²) in [4.78, 5) is 16.5. The monoisotopic (exact) mass is 134 g/mol. The van der Waals surface area contributed by atoms with Gasteiger partial charge in [0.05, 0.1) is 0 Å². The van der Waals surface area contributed by atoms with Gasteiger partial charge >= 0.3 is 29.6 Å². The van der Waals surface area contributed by atoms with Crippen LogP contribution in [0.5, 0.6) is 0 Å². The first-order valence-corrected chi connectivity index (χ1v) is 0.973. The molecule has 0 aromatic rings. The average Bonchev–Trinajstić information content (AvgIpc) is 1.33. The second-order valence-electron chi connectivity index (χ2n) is 0.321. The van der Waals surface area contributed by atoms with E-state index in [1.165, 1.54) is 0 Å². The van der Waals surface area contributed by atoms with E-state index in [0.717, 1.165) is 0 Å². The summed E-state index contributed by atoms with van der Waals surface area (Å²) in [6, 6.07) is 0. The molecule has 0 atom stereocenters. The Bertz CT molecular complexity index is 57.4. The van der Waals surface area contributed by atoms with Gasteiger partial charge in [-0.05, 0) is 0 Å². The van der Waals surface area contributed by atoms with Gasteiger partial charge in [-0.25, -0.2) is 0 Å².